The number of hydrogen-bond donors (Lipinski definition) is 2. The molecule has 0 aliphatic carbocycles. The van der Waals surface area contributed by atoms with E-state index in [9.17, 15) is 0 Å². The summed E-state index contributed by atoms with van der Waals surface area (Å²) in [6, 6.07) is 1.82. The van der Waals surface area contributed by atoms with Crippen molar-refractivity contribution in [1.82, 2.24) is 15.0 Å². The minimum atomic E-state index is -0.0213. The average molecular weight is 379 g/mol. The Labute approximate surface area is 157 Å². The molecule has 0 atom stereocenters. The summed E-state index contributed by atoms with van der Waals surface area (Å²) in [5.41, 5.74) is 12.2. The van der Waals surface area contributed by atoms with Crippen molar-refractivity contribution in [2.45, 2.75) is 48.1 Å². The van der Waals surface area contributed by atoms with E-state index in [0.717, 1.165) is 54.5 Å². The first kappa shape index (κ1) is 18.2. The molecule has 0 radical (unpaired) electrons. The Morgan fingerprint density at radius 1 is 1.24 bits per heavy atom. The fourth-order valence-corrected chi connectivity index (χ4v) is 4.07. The van der Waals surface area contributed by atoms with Crippen LogP contribution in [-0.4, -0.2) is 33.6 Å². The first-order valence-electron chi connectivity index (χ1n) is 8.44. The molecule has 6 nitrogen and oxygen atoms in total. The Hall–Kier alpha value is -1.57. The molecule has 0 saturated carbocycles. The van der Waals surface area contributed by atoms with Crippen LogP contribution in [0.4, 0.5) is 11.6 Å². The predicted molar refractivity (Wildman–Crippen MR) is 103 cm³/mol. The van der Waals surface area contributed by atoms with Gasteiger partial charge in [-0.15, -0.1) is 0 Å². The number of rotatable bonds is 5. The summed E-state index contributed by atoms with van der Waals surface area (Å²) in [7, 11) is 0. The molecule has 1 aliphatic rings. The molecule has 2 aromatic heterocycles. The Kier molecular flexibility index (Phi) is 5.66. The van der Waals surface area contributed by atoms with Crippen LogP contribution in [0, 0.1) is 0 Å². The van der Waals surface area contributed by atoms with Gasteiger partial charge in [0.15, 0.2) is 0 Å². The fraction of sp³-hybridized carbons (Fsp3) is 0.471. The van der Waals surface area contributed by atoms with Gasteiger partial charge in [-0.05, 0) is 25.3 Å². The number of piperidine rings is 1. The number of hydrogen-bond acceptors (Lipinski definition) is 7. The quantitative estimate of drug-likeness (QED) is 0.823. The summed E-state index contributed by atoms with van der Waals surface area (Å²) in [5.74, 6) is 1.21. The first-order valence-corrected chi connectivity index (χ1v) is 9.64. The van der Waals surface area contributed by atoms with Gasteiger partial charge < -0.3 is 16.4 Å². The Bertz CT molecular complexity index is 716. The number of aromatic nitrogens is 3. The third-order valence-electron chi connectivity index (χ3n) is 4.54. The molecule has 1 fully saturated rings. The molecule has 1 saturated heterocycles. The van der Waals surface area contributed by atoms with E-state index >= 15 is 0 Å². The fourth-order valence-electron chi connectivity index (χ4n) is 3.09. The van der Waals surface area contributed by atoms with E-state index in [1.807, 2.05) is 12.3 Å². The molecule has 134 valence electrons. The smallest absolute Gasteiger partial charge is 0.147 e. The van der Waals surface area contributed by atoms with Gasteiger partial charge in [0, 0.05) is 29.7 Å². The van der Waals surface area contributed by atoms with Gasteiger partial charge in [-0.1, -0.05) is 36.7 Å². The van der Waals surface area contributed by atoms with Crippen molar-refractivity contribution in [2.75, 3.05) is 23.7 Å². The van der Waals surface area contributed by atoms with Gasteiger partial charge in [-0.3, -0.25) is 0 Å². The zero-order chi connectivity index (χ0) is 17.9. The van der Waals surface area contributed by atoms with Crippen molar-refractivity contribution in [3.8, 4) is 0 Å². The highest BCUT2D eigenvalue weighted by molar-refractivity contribution is 7.99. The van der Waals surface area contributed by atoms with E-state index in [4.69, 9.17) is 23.1 Å². The van der Waals surface area contributed by atoms with Crippen molar-refractivity contribution in [1.29, 1.82) is 0 Å². The molecule has 2 aromatic rings. The molecular formula is C17H23ClN6S. The van der Waals surface area contributed by atoms with Crippen LogP contribution in [0.3, 0.4) is 0 Å². The van der Waals surface area contributed by atoms with E-state index in [1.165, 1.54) is 11.8 Å². The van der Waals surface area contributed by atoms with Gasteiger partial charge in [-0.25, -0.2) is 15.0 Å². The number of pyridine rings is 1. The summed E-state index contributed by atoms with van der Waals surface area (Å²) < 4.78 is 0. The molecule has 0 bridgehead atoms. The molecule has 0 amide bonds. The molecular weight excluding hydrogens is 356 g/mol. The van der Waals surface area contributed by atoms with Crippen molar-refractivity contribution >= 4 is 35.0 Å². The molecule has 3 rings (SSSR count). The van der Waals surface area contributed by atoms with Crippen LogP contribution in [0.1, 0.15) is 32.6 Å². The zero-order valence-electron chi connectivity index (χ0n) is 14.3. The molecule has 4 N–H and O–H groups in total. The van der Waals surface area contributed by atoms with Gasteiger partial charge in [-0.2, -0.15) is 0 Å². The second-order valence-corrected chi connectivity index (χ2v) is 7.86. The van der Waals surface area contributed by atoms with E-state index in [1.54, 1.807) is 12.4 Å². The molecule has 0 unspecified atom stereocenters. The highest BCUT2D eigenvalue weighted by Crippen LogP contribution is 2.34. The van der Waals surface area contributed by atoms with Crippen LogP contribution >= 0.6 is 23.4 Å². The average Bonchev–Trinajstić information content (AvgIpc) is 2.61. The largest absolute Gasteiger partial charge is 0.382 e. The lowest BCUT2D eigenvalue weighted by atomic mass is 9.84. The van der Waals surface area contributed by atoms with Gasteiger partial charge >= 0.3 is 0 Å². The van der Waals surface area contributed by atoms with Crippen LogP contribution in [-0.2, 0) is 0 Å². The highest BCUT2D eigenvalue weighted by atomic mass is 35.5. The summed E-state index contributed by atoms with van der Waals surface area (Å²) in [4.78, 5) is 16.1. The summed E-state index contributed by atoms with van der Waals surface area (Å²) in [5, 5.41) is 1.22. The first-order chi connectivity index (χ1) is 12.0. The van der Waals surface area contributed by atoms with Crippen molar-refractivity contribution in [3.63, 3.8) is 0 Å². The predicted octanol–water partition coefficient (Wildman–Crippen LogP) is 3.36. The zero-order valence-corrected chi connectivity index (χ0v) is 15.9. The topological polar surface area (TPSA) is 94.0 Å². The van der Waals surface area contributed by atoms with Crippen molar-refractivity contribution in [2.24, 2.45) is 5.73 Å². The van der Waals surface area contributed by atoms with Crippen LogP contribution in [0.15, 0.2) is 34.6 Å². The van der Waals surface area contributed by atoms with Crippen LogP contribution < -0.4 is 16.4 Å². The molecule has 3 heterocycles. The maximum atomic E-state index is 6.45. The van der Waals surface area contributed by atoms with Crippen LogP contribution in [0.25, 0.3) is 0 Å². The van der Waals surface area contributed by atoms with Crippen LogP contribution in [0.2, 0.25) is 5.02 Å². The Morgan fingerprint density at radius 3 is 2.64 bits per heavy atom. The maximum absolute atomic E-state index is 6.45. The SMILES string of the molecule is CCCC1(N)CCN(c2cnc(Sc3ccnc(N)c3Cl)cn2)CC1. The molecule has 0 aromatic carbocycles. The van der Waals surface area contributed by atoms with E-state index in [2.05, 4.69) is 26.8 Å². The summed E-state index contributed by atoms with van der Waals surface area (Å²) >= 11 is 7.60. The maximum Gasteiger partial charge on any atom is 0.147 e. The number of anilines is 2. The summed E-state index contributed by atoms with van der Waals surface area (Å²) in [6.07, 6.45) is 9.40. The van der Waals surface area contributed by atoms with E-state index < -0.39 is 0 Å². The second-order valence-electron chi connectivity index (χ2n) is 6.42. The monoisotopic (exact) mass is 378 g/mol. The van der Waals surface area contributed by atoms with Crippen molar-refractivity contribution in [3.05, 3.63) is 29.7 Å². The Balaban J connectivity index is 1.64. The highest BCUT2D eigenvalue weighted by Gasteiger charge is 2.30. The van der Waals surface area contributed by atoms with Gasteiger partial charge in [0.05, 0.1) is 17.4 Å². The molecule has 8 heteroatoms. The van der Waals surface area contributed by atoms with Gasteiger partial charge in [0.2, 0.25) is 0 Å². The van der Waals surface area contributed by atoms with Crippen molar-refractivity contribution < 1.29 is 0 Å². The van der Waals surface area contributed by atoms with Gasteiger partial charge in [0.25, 0.3) is 0 Å². The minimum absolute atomic E-state index is 0.0213. The third-order valence-corrected chi connectivity index (χ3v) is 6.03. The number of halogens is 1. The van der Waals surface area contributed by atoms with Crippen LogP contribution in [0.5, 0.6) is 0 Å². The standard InChI is InChI=1S/C17H23ClN6S/c1-2-4-17(20)5-8-24(9-6-17)13-10-23-14(11-22-13)25-12-3-7-21-16(19)15(12)18/h3,7,10-11H,2,4-6,8-9,20H2,1H3,(H2,19,21). The number of nitrogen functional groups attached to an aromatic ring is 1. The molecule has 1 aliphatic heterocycles. The molecule has 25 heavy (non-hydrogen) atoms. The minimum Gasteiger partial charge on any atom is -0.382 e. The van der Waals surface area contributed by atoms with E-state index in [0.29, 0.717) is 10.8 Å². The number of nitrogens with two attached hydrogens (primary N) is 2. The van der Waals surface area contributed by atoms with Gasteiger partial charge in [0.1, 0.15) is 16.7 Å². The number of nitrogens with zero attached hydrogens (tertiary/aromatic N) is 4. The lowest BCUT2D eigenvalue weighted by Gasteiger charge is -2.39. The third kappa shape index (κ3) is 4.34. The lowest BCUT2D eigenvalue weighted by Crippen LogP contribution is -2.50. The summed E-state index contributed by atoms with van der Waals surface area (Å²) in [6.45, 7) is 4.03. The Morgan fingerprint density at radius 2 is 2.00 bits per heavy atom. The van der Waals surface area contributed by atoms with E-state index in [-0.39, 0.29) is 5.54 Å². The normalized spacial score (nSPS) is 16.8. The second kappa shape index (κ2) is 7.76. The lowest BCUT2D eigenvalue weighted by molar-refractivity contribution is 0.308. The molecule has 0 spiro atoms.